The number of benzene rings is 2. The lowest BCUT2D eigenvalue weighted by atomic mass is 9.91. The molecular weight excluding hydrogens is 500 g/mol. The Morgan fingerprint density at radius 2 is 1.51 bits per heavy atom. The molecule has 12 heteroatoms. The molecule has 1 saturated carbocycles. The molecule has 35 heavy (non-hydrogen) atoms. The van der Waals surface area contributed by atoms with Gasteiger partial charge < -0.3 is 10.1 Å². The van der Waals surface area contributed by atoms with E-state index in [1.165, 1.54) is 6.92 Å². The molecule has 1 aliphatic carbocycles. The Morgan fingerprint density at radius 1 is 0.971 bits per heavy atom. The Hall–Kier alpha value is -2.60. The van der Waals surface area contributed by atoms with Crippen LogP contribution < -0.4 is 5.32 Å². The number of rotatable bonds is 9. The number of carbonyl (C=O) groups is 1. The fourth-order valence-corrected chi connectivity index (χ4v) is 3.89. The molecule has 0 aromatic heterocycles. The quantitative estimate of drug-likeness (QED) is 0.346. The number of alkyl halides is 6. The van der Waals surface area contributed by atoms with E-state index in [0.29, 0.717) is 36.1 Å². The number of anilines is 1. The maximum Gasteiger partial charge on any atom is 0.430 e. The van der Waals surface area contributed by atoms with Crippen molar-refractivity contribution >= 4 is 22.3 Å². The van der Waals surface area contributed by atoms with Gasteiger partial charge in [-0.15, -0.1) is 0 Å². The van der Waals surface area contributed by atoms with Crippen molar-refractivity contribution in [1.82, 2.24) is 0 Å². The molecule has 0 aliphatic heterocycles. The monoisotopic (exact) mass is 523 g/mol. The molecule has 1 N–H and O–H groups in total. The predicted octanol–water partition coefficient (Wildman–Crippen LogP) is 5.29. The zero-order valence-corrected chi connectivity index (χ0v) is 19.3. The lowest BCUT2D eigenvalue weighted by Crippen LogP contribution is -2.56. The summed E-state index contributed by atoms with van der Waals surface area (Å²) < 4.78 is 109. The molecule has 1 fully saturated rings. The maximum atomic E-state index is 13.8. The highest BCUT2D eigenvalue weighted by Gasteiger charge is 2.73. The topological polar surface area (TPSA) is 72.5 Å². The van der Waals surface area contributed by atoms with Crippen LogP contribution in [-0.4, -0.2) is 33.3 Å². The molecule has 1 atom stereocenters. The van der Waals surface area contributed by atoms with Gasteiger partial charge in [0.2, 0.25) is 5.91 Å². The summed E-state index contributed by atoms with van der Waals surface area (Å²) in [4.78, 5) is 12.3. The maximum absolute atomic E-state index is 13.8. The van der Waals surface area contributed by atoms with Crippen molar-refractivity contribution in [3.63, 3.8) is 0 Å². The standard InChI is InChI=1S/C23H23F6NO4S/c1-14(35(32)33)17-6-4-15(5-7-17)12-20(31)30-19-10-8-18(9-11-19)21(22(24,25)26,23(27,28)29)34-13-16-2-3-16/h4-11,14,16,35H,2-3,12-13H2,1H3,(H,30,31). The molecule has 192 valence electrons. The number of amides is 1. The first-order valence-corrected chi connectivity index (χ1v) is 11.9. The molecule has 0 heterocycles. The van der Waals surface area contributed by atoms with E-state index < -0.39 is 52.0 Å². The minimum Gasteiger partial charge on any atom is -0.354 e. The number of thiol groups is 1. The fourth-order valence-electron chi connectivity index (χ4n) is 3.48. The Kier molecular flexibility index (Phi) is 7.85. The van der Waals surface area contributed by atoms with E-state index in [4.69, 9.17) is 0 Å². The van der Waals surface area contributed by atoms with E-state index in [9.17, 15) is 39.6 Å². The predicted molar refractivity (Wildman–Crippen MR) is 116 cm³/mol. The zero-order valence-electron chi connectivity index (χ0n) is 18.4. The van der Waals surface area contributed by atoms with Crippen LogP contribution in [0.3, 0.4) is 0 Å². The van der Waals surface area contributed by atoms with Gasteiger partial charge in [-0.05, 0) is 48.9 Å². The Balaban J connectivity index is 1.74. The van der Waals surface area contributed by atoms with Crippen molar-refractivity contribution in [2.45, 2.75) is 49.4 Å². The van der Waals surface area contributed by atoms with Crippen LogP contribution in [0.1, 0.15) is 41.7 Å². The Bertz CT molecular complexity index is 1080. The molecular formula is C23H23F6NO4S. The van der Waals surface area contributed by atoms with Gasteiger partial charge in [0.1, 0.15) is 10.7 Å². The van der Waals surface area contributed by atoms with Crippen molar-refractivity contribution in [3.8, 4) is 0 Å². The first kappa shape index (κ1) is 27.0. The van der Waals surface area contributed by atoms with Gasteiger partial charge in [0.25, 0.3) is 5.60 Å². The number of ether oxygens (including phenoxy) is 1. The summed E-state index contributed by atoms with van der Waals surface area (Å²) >= 11 is 0. The first-order valence-electron chi connectivity index (χ1n) is 10.6. The summed E-state index contributed by atoms with van der Waals surface area (Å²) in [7, 11) is -2.66. The van der Waals surface area contributed by atoms with Crippen LogP contribution in [-0.2, 0) is 32.3 Å². The highest BCUT2D eigenvalue weighted by molar-refractivity contribution is 7.72. The summed E-state index contributed by atoms with van der Waals surface area (Å²) in [5.74, 6) is -0.894. The lowest BCUT2D eigenvalue weighted by molar-refractivity contribution is -0.390. The molecule has 0 radical (unpaired) electrons. The minimum atomic E-state index is -5.76. The van der Waals surface area contributed by atoms with Crippen LogP contribution in [0.4, 0.5) is 32.0 Å². The van der Waals surface area contributed by atoms with Gasteiger partial charge >= 0.3 is 12.4 Å². The number of hydrogen-bond donors (Lipinski definition) is 2. The van der Waals surface area contributed by atoms with E-state index in [1.807, 2.05) is 0 Å². The third-order valence-corrected chi connectivity index (χ3v) is 6.68. The highest BCUT2D eigenvalue weighted by Crippen LogP contribution is 2.53. The molecule has 0 saturated heterocycles. The number of hydrogen-bond acceptors (Lipinski definition) is 4. The van der Waals surface area contributed by atoms with Gasteiger partial charge in [0.15, 0.2) is 0 Å². The van der Waals surface area contributed by atoms with E-state index in [0.717, 1.165) is 12.1 Å². The van der Waals surface area contributed by atoms with Crippen LogP contribution in [0.5, 0.6) is 0 Å². The van der Waals surface area contributed by atoms with Crippen LogP contribution in [0.25, 0.3) is 0 Å². The van der Waals surface area contributed by atoms with Crippen molar-refractivity contribution in [1.29, 1.82) is 0 Å². The summed E-state index contributed by atoms with van der Waals surface area (Å²) in [5.41, 5.74) is -4.51. The average Bonchev–Trinajstić information content (AvgIpc) is 3.57. The second-order valence-corrected chi connectivity index (χ2v) is 9.78. The van der Waals surface area contributed by atoms with Crippen molar-refractivity contribution < 1.29 is 44.3 Å². The molecule has 0 spiro atoms. The fraction of sp³-hybridized carbons (Fsp3) is 0.435. The average molecular weight is 523 g/mol. The number of halogens is 6. The smallest absolute Gasteiger partial charge is 0.354 e. The zero-order chi connectivity index (χ0) is 26.0. The van der Waals surface area contributed by atoms with E-state index >= 15 is 0 Å². The van der Waals surface area contributed by atoms with Gasteiger partial charge in [0, 0.05) is 11.3 Å². The van der Waals surface area contributed by atoms with Crippen molar-refractivity contribution in [2.24, 2.45) is 5.92 Å². The van der Waals surface area contributed by atoms with Crippen LogP contribution in [0.2, 0.25) is 0 Å². The third kappa shape index (κ3) is 6.16. The summed E-state index contributed by atoms with van der Waals surface area (Å²) in [6, 6.07) is 9.43. The summed E-state index contributed by atoms with van der Waals surface area (Å²) in [6.07, 6.45) is -10.6. The molecule has 3 rings (SSSR count). The first-order chi connectivity index (χ1) is 16.2. The Morgan fingerprint density at radius 3 is 1.97 bits per heavy atom. The van der Waals surface area contributed by atoms with Gasteiger partial charge in [-0.2, -0.15) is 26.3 Å². The molecule has 1 amide bonds. The molecule has 2 aromatic carbocycles. The third-order valence-electron chi connectivity index (χ3n) is 5.75. The summed E-state index contributed by atoms with van der Waals surface area (Å²) in [6.45, 7) is 0.848. The van der Waals surface area contributed by atoms with Gasteiger partial charge in [-0.1, -0.05) is 36.4 Å². The van der Waals surface area contributed by atoms with Crippen LogP contribution in [0, 0.1) is 5.92 Å². The largest absolute Gasteiger partial charge is 0.430 e. The van der Waals surface area contributed by atoms with E-state index in [2.05, 4.69) is 10.1 Å². The van der Waals surface area contributed by atoms with Gasteiger partial charge in [0.05, 0.1) is 18.3 Å². The van der Waals surface area contributed by atoms with Crippen molar-refractivity contribution in [3.05, 3.63) is 65.2 Å². The van der Waals surface area contributed by atoms with Gasteiger partial charge in [-0.25, -0.2) is 8.42 Å². The molecule has 1 unspecified atom stereocenters. The van der Waals surface area contributed by atoms with E-state index in [-0.39, 0.29) is 18.0 Å². The highest BCUT2D eigenvalue weighted by atomic mass is 32.2. The second kappa shape index (κ2) is 10.2. The number of carbonyl (C=O) groups excluding carboxylic acids is 1. The van der Waals surface area contributed by atoms with Crippen molar-refractivity contribution in [2.75, 3.05) is 11.9 Å². The number of nitrogens with one attached hydrogen (secondary N) is 1. The molecule has 1 aliphatic rings. The lowest BCUT2D eigenvalue weighted by Gasteiger charge is -2.37. The molecule has 5 nitrogen and oxygen atoms in total. The Labute approximate surface area is 199 Å². The molecule has 0 bridgehead atoms. The second-order valence-electron chi connectivity index (χ2n) is 8.44. The SMILES string of the molecule is CC(c1ccc(CC(=O)Nc2ccc(C(OCC3CC3)(C(F)(F)F)C(F)(F)F)cc2)cc1)[SH](=O)=O. The normalized spacial score (nSPS) is 15.8. The van der Waals surface area contributed by atoms with Gasteiger partial charge in [-0.3, -0.25) is 4.79 Å². The van der Waals surface area contributed by atoms with E-state index in [1.54, 1.807) is 24.3 Å². The summed E-state index contributed by atoms with van der Waals surface area (Å²) in [5, 5.41) is 1.73. The molecule has 2 aromatic rings. The van der Waals surface area contributed by atoms with Crippen LogP contribution >= 0.6 is 0 Å². The minimum absolute atomic E-state index is 0.00721. The van der Waals surface area contributed by atoms with Crippen LogP contribution in [0.15, 0.2) is 48.5 Å².